The van der Waals surface area contributed by atoms with E-state index in [0.717, 1.165) is 11.4 Å². The highest BCUT2D eigenvalue weighted by Crippen LogP contribution is 2.17. The number of H-pyrrole nitrogens is 1. The SMILES string of the molecule is CC(C)c1ccc(NC(=O)CCc2cnc[nH]2)cc1. The quantitative estimate of drug-likeness (QED) is 0.864. The summed E-state index contributed by atoms with van der Waals surface area (Å²) >= 11 is 0. The van der Waals surface area contributed by atoms with Gasteiger partial charge >= 0.3 is 0 Å². The molecule has 1 amide bonds. The van der Waals surface area contributed by atoms with E-state index in [-0.39, 0.29) is 5.91 Å². The maximum Gasteiger partial charge on any atom is 0.224 e. The van der Waals surface area contributed by atoms with Gasteiger partial charge in [-0.3, -0.25) is 4.79 Å². The van der Waals surface area contributed by atoms with E-state index in [1.54, 1.807) is 12.5 Å². The molecule has 2 rings (SSSR count). The largest absolute Gasteiger partial charge is 0.348 e. The Morgan fingerprint density at radius 3 is 2.63 bits per heavy atom. The van der Waals surface area contributed by atoms with Gasteiger partial charge in [-0.1, -0.05) is 26.0 Å². The highest BCUT2D eigenvalue weighted by atomic mass is 16.1. The third kappa shape index (κ3) is 3.95. The van der Waals surface area contributed by atoms with E-state index in [4.69, 9.17) is 0 Å². The van der Waals surface area contributed by atoms with Crippen LogP contribution in [0.1, 0.15) is 37.4 Å². The van der Waals surface area contributed by atoms with Gasteiger partial charge in [0.05, 0.1) is 6.33 Å². The molecule has 0 aliphatic carbocycles. The van der Waals surface area contributed by atoms with Crippen molar-refractivity contribution in [1.29, 1.82) is 0 Å². The predicted molar refractivity (Wildman–Crippen MR) is 76.1 cm³/mol. The standard InChI is InChI=1S/C15H19N3O/c1-11(2)12-3-5-13(6-4-12)18-15(19)8-7-14-9-16-10-17-14/h3-6,9-11H,7-8H2,1-2H3,(H,16,17)(H,18,19). The molecule has 0 spiro atoms. The summed E-state index contributed by atoms with van der Waals surface area (Å²) in [4.78, 5) is 18.7. The van der Waals surface area contributed by atoms with E-state index in [1.165, 1.54) is 5.56 Å². The first kappa shape index (κ1) is 13.3. The molecule has 19 heavy (non-hydrogen) atoms. The molecule has 0 bridgehead atoms. The van der Waals surface area contributed by atoms with Crippen LogP contribution in [0.2, 0.25) is 0 Å². The fourth-order valence-electron chi connectivity index (χ4n) is 1.84. The second kappa shape index (κ2) is 6.18. The highest BCUT2D eigenvalue weighted by molar-refractivity contribution is 5.90. The van der Waals surface area contributed by atoms with Crippen LogP contribution in [-0.4, -0.2) is 15.9 Å². The minimum Gasteiger partial charge on any atom is -0.348 e. The van der Waals surface area contributed by atoms with E-state index in [9.17, 15) is 4.79 Å². The number of benzene rings is 1. The first-order valence-corrected chi connectivity index (χ1v) is 6.52. The Morgan fingerprint density at radius 2 is 2.05 bits per heavy atom. The topological polar surface area (TPSA) is 57.8 Å². The Morgan fingerprint density at radius 1 is 1.32 bits per heavy atom. The molecule has 0 aliphatic rings. The molecular weight excluding hydrogens is 238 g/mol. The van der Waals surface area contributed by atoms with E-state index < -0.39 is 0 Å². The van der Waals surface area contributed by atoms with Gasteiger partial charge in [0.25, 0.3) is 0 Å². The second-order valence-corrected chi connectivity index (χ2v) is 4.90. The van der Waals surface area contributed by atoms with Crippen molar-refractivity contribution in [3.8, 4) is 0 Å². The molecule has 0 aliphatic heterocycles. The van der Waals surface area contributed by atoms with Crippen molar-refractivity contribution in [2.75, 3.05) is 5.32 Å². The highest BCUT2D eigenvalue weighted by Gasteiger charge is 2.04. The van der Waals surface area contributed by atoms with Gasteiger partial charge in [0, 0.05) is 24.0 Å². The Balaban J connectivity index is 1.84. The molecule has 100 valence electrons. The van der Waals surface area contributed by atoms with Crippen LogP contribution in [0.3, 0.4) is 0 Å². The minimum absolute atomic E-state index is 0.0203. The first-order chi connectivity index (χ1) is 9.15. The Bertz CT molecular complexity index is 515. The van der Waals surface area contributed by atoms with Gasteiger partial charge in [-0.15, -0.1) is 0 Å². The number of hydrogen-bond donors (Lipinski definition) is 2. The molecule has 0 fully saturated rings. The molecular formula is C15H19N3O. The average molecular weight is 257 g/mol. The maximum atomic E-state index is 11.8. The van der Waals surface area contributed by atoms with Gasteiger partial charge in [0.15, 0.2) is 0 Å². The van der Waals surface area contributed by atoms with Gasteiger partial charge in [-0.25, -0.2) is 4.98 Å². The molecule has 1 heterocycles. The van der Waals surface area contributed by atoms with E-state index in [1.807, 2.05) is 12.1 Å². The average Bonchev–Trinajstić information content (AvgIpc) is 2.90. The Labute approximate surface area is 113 Å². The second-order valence-electron chi connectivity index (χ2n) is 4.90. The smallest absolute Gasteiger partial charge is 0.224 e. The summed E-state index contributed by atoms with van der Waals surface area (Å²) in [5.41, 5.74) is 3.10. The number of carbonyl (C=O) groups excluding carboxylic acids is 1. The van der Waals surface area contributed by atoms with Crippen LogP contribution in [0.5, 0.6) is 0 Å². The van der Waals surface area contributed by atoms with Crippen LogP contribution < -0.4 is 5.32 Å². The number of aromatic amines is 1. The third-order valence-corrected chi connectivity index (χ3v) is 3.04. The summed E-state index contributed by atoms with van der Waals surface area (Å²) in [7, 11) is 0. The van der Waals surface area contributed by atoms with Crippen molar-refractivity contribution in [1.82, 2.24) is 9.97 Å². The van der Waals surface area contributed by atoms with Crippen LogP contribution in [0, 0.1) is 0 Å². The number of rotatable bonds is 5. The molecule has 4 heteroatoms. The zero-order chi connectivity index (χ0) is 13.7. The number of nitrogens with one attached hydrogen (secondary N) is 2. The van der Waals surface area contributed by atoms with Crippen molar-refractivity contribution in [3.63, 3.8) is 0 Å². The maximum absolute atomic E-state index is 11.8. The van der Waals surface area contributed by atoms with Crippen LogP contribution in [-0.2, 0) is 11.2 Å². The molecule has 2 N–H and O–H groups in total. The third-order valence-electron chi connectivity index (χ3n) is 3.04. The summed E-state index contributed by atoms with van der Waals surface area (Å²) in [6, 6.07) is 8.00. The van der Waals surface area contributed by atoms with E-state index in [0.29, 0.717) is 18.8 Å². The molecule has 1 aromatic carbocycles. The summed E-state index contributed by atoms with van der Waals surface area (Å²) in [6.45, 7) is 4.30. The molecule has 0 atom stereocenters. The number of hydrogen-bond acceptors (Lipinski definition) is 2. The van der Waals surface area contributed by atoms with Crippen molar-refractivity contribution < 1.29 is 4.79 Å². The van der Waals surface area contributed by atoms with Gasteiger partial charge in [0.1, 0.15) is 0 Å². The lowest BCUT2D eigenvalue weighted by Gasteiger charge is -2.08. The van der Waals surface area contributed by atoms with Crippen LogP contribution >= 0.6 is 0 Å². The van der Waals surface area contributed by atoms with Crippen LogP contribution in [0.15, 0.2) is 36.8 Å². The summed E-state index contributed by atoms with van der Waals surface area (Å²) < 4.78 is 0. The zero-order valence-corrected chi connectivity index (χ0v) is 11.3. The lowest BCUT2D eigenvalue weighted by Crippen LogP contribution is -2.12. The molecule has 1 aromatic heterocycles. The van der Waals surface area contributed by atoms with E-state index in [2.05, 4.69) is 41.3 Å². The van der Waals surface area contributed by atoms with Crippen molar-refractivity contribution in [2.45, 2.75) is 32.6 Å². The molecule has 0 unspecified atom stereocenters. The predicted octanol–water partition coefficient (Wildman–Crippen LogP) is 3.10. The fourth-order valence-corrected chi connectivity index (χ4v) is 1.84. The first-order valence-electron chi connectivity index (χ1n) is 6.52. The summed E-state index contributed by atoms with van der Waals surface area (Å²) in [5, 5.41) is 2.90. The number of nitrogens with zero attached hydrogens (tertiary/aromatic N) is 1. The van der Waals surface area contributed by atoms with Crippen LogP contribution in [0.4, 0.5) is 5.69 Å². The minimum atomic E-state index is 0.0203. The molecule has 4 nitrogen and oxygen atoms in total. The van der Waals surface area contributed by atoms with Crippen molar-refractivity contribution in [2.24, 2.45) is 0 Å². The monoisotopic (exact) mass is 257 g/mol. The number of anilines is 1. The molecule has 0 radical (unpaired) electrons. The number of imidazole rings is 1. The van der Waals surface area contributed by atoms with Gasteiger partial charge in [-0.2, -0.15) is 0 Å². The van der Waals surface area contributed by atoms with Gasteiger partial charge in [-0.05, 0) is 30.0 Å². The number of amides is 1. The van der Waals surface area contributed by atoms with Crippen molar-refractivity contribution in [3.05, 3.63) is 48.0 Å². The summed E-state index contributed by atoms with van der Waals surface area (Å²) in [5.74, 6) is 0.525. The Hall–Kier alpha value is -2.10. The van der Waals surface area contributed by atoms with Crippen molar-refractivity contribution >= 4 is 11.6 Å². The molecule has 2 aromatic rings. The fraction of sp³-hybridized carbons (Fsp3) is 0.333. The lowest BCUT2D eigenvalue weighted by molar-refractivity contribution is -0.116. The van der Waals surface area contributed by atoms with E-state index >= 15 is 0 Å². The zero-order valence-electron chi connectivity index (χ0n) is 11.3. The number of aromatic nitrogens is 2. The summed E-state index contributed by atoms with van der Waals surface area (Å²) in [6.07, 6.45) is 4.49. The lowest BCUT2D eigenvalue weighted by atomic mass is 10.0. The normalized spacial score (nSPS) is 10.7. The van der Waals surface area contributed by atoms with Gasteiger partial charge < -0.3 is 10.3 Å². The van der Waals surface area contributed by atoms with Crippen LogP contribution in [0.25, 0.3) is 0 Å². The molecule has 0 saturated heterocycles. The number of aryl methyl sites for hydroxylation is 1. The van der Waals surface area contributed by atoms with Gasteiger partial charge in [0.2, 0.25) is 5.91 Å². The number of carbonyl (C=O) groups is 1. The molecule has 0 saturated carbocycles. The Kier molecular flexibility index (Phi) is 4.34.